The van der Waals surface area contributed by atoms with Gasteiger partial charge < -0.3 is 14.5 Å². The highest BCUT2D eigenvalue weighted by Gasteiger charge is 2.46. The number of anilines is 1. The molecule has 1 saturated carbocycles. The van der Waals surface area contributed by atoms with Gasteiger partial charge in [0.05, 0.1) is 17.5 Å². The van der Waals surface area contributed by atoms with Gasteiger partial charge in [0.15, 0.2) is 0 Å². The van der Waals surface area contributed by atoms with Crippen LogP contribution in [0.2, 0.25) is 5.02 Å². The molecule has 0 radical (unpaired) electrons. The molecule has 1 spiro atoms. The summed E-state index contributed by atoms with van der Waals surface area (Å²) in [6, 6.07) is 13.3. The highest BCUT2D eigenvalue weighted by molar-refractivity contribution is 7.84. The Morgan fingerprint density at radius 1 is 1.04 bits per heavy atom. The summed E-state index contributed by atoms with van der Waals surface area (Å²) in [6.45, 7) is 18.3. The molecular formula is C40H57ClN4O3S. The van der Waals surface area contributed by atoms with Gasteiger partial charge in [-0.3, -0.25) is 14.4 Å². The van der Waals surface area contributed by atoms with Crippen LogP contribution in [0.1, 0.15) is 94.6 Å². The molecule has 7 rings (SSSR count). The smallest absolute Gasteiger partial charge is 0.263 e. The van der Waals surface area contributed by atoms with Gasteiger partial charge in [-0.1, -0.05) is 31.0 Å². The van der Waals surface area contributed by atoms with E-state index in [1.807, 2.05) is 31.2 Å². The zero-order valence-corrected chi connectivity index (χ0v) is 31.8. The summed E-state index contributed by atoms with van der Waals surface area (Å²) in [7, 11) is -1.46. The van der Waals surface area contributed by atoms with Crippen molar-refractivity contribution in [2.75, 3.05) is 50.8 Å². The van der Waals surface area contributed by atoms with Crippen LogP contribution >= 0.6 is 11.6 Å². The van der Waals surface area contributed by atoms with Crippen LogP contribution in [0.4, 0.5) is 5.69 Å². The lowest BCUT2D eigenvalue weighted by Crippen LogP contribution is -2.55. The first-order valence-electron chi connectivity index (χ1n) is 19.0. The average Bonchev–Trinajstić information content (AvgIpc) is 3.31. The van der Waals surface area contributed by atoms with Crippen molar-refractivity contribution in [1.82, 2.24) is 14.5 Å². The van der Waals surface area contributed by atoms with Crippen molar-refractivity contribution in [3.8, 4) is 5.75 Å². The molecule has 2 aromatic rings. The van der Waals surface area contributed by atoms with E-state index < -0.39 is 11.0 Å². The summed E-state index contributed by atoms with van der Waals surface area (Å²) in [5, 5.41) is 0.673. The number of aryl methyl sites for hydroxylation is 1. The minimum Gasteiger partial charge on any atom is -0.490 e. The minimum atomic E-state index is -1.46. The molecular weight excluding hydrogens is 652 g/mol. The zero-order chi connectivity index (χ0) is 34.4. The fraction of sp³-hybridized carbons (Fsp3) is 0.675. The first-order chi connectivity index (χ1) is 23.5. The number of ether oxygens (including phenoxy) is 1. The number of hydrogen-bond donors (Lipinski definition) is 1. The third-order valence-electron chi connectivity index (χ3n) is 13.1. The molecule has 7 nitrogen and oxygen atoms in total. The van der Waals surface area contributed by atoms with E-state index in [-0.39, 0.29) is 22.5 Å². The van der Waals surface area contributed by atoms with E-state index in [9.17, 15) is 9.00 Å². The van der Waals surface area contributed by atoms with Crippen LogP contribution in [0.25, 0.3) is 0 Å². The van der Waals surface area contributed by atoms with E-state index in [4.69, 9.17) is 16.3 Å². The van der Waals surface area contributed by atoms with E-state index >= 15 is 0 Å². The first-order valence-corrected chi connectivity index (χ1v) is 20.6. The van der Waals surface area contributed by atoms with E-state index in [0.29, 0.717) is 42.0 Å². The molecule has 1 amide bonds. The molecule has 2 aromatic carbocycles. The standard InChI is InChI=1S/C40H57ClN4O3S/c1-26(2)45-18-17-43(21-28(45)4)22-32-8-6-7-27(3)29(5)49(47)42-39(46)31-10-14-38-37(20-31)44(23-33-9-12-35(32)33)24-40(25-48-38)16-15-30-19-34(41)11-13-36(30)40/h10-11,13-14,19-20,26-29,32-33,35H,6-9,12,15-18,21-25H2,1-5H3,(H,42,46). The van der Waals surface area contributed by atoms with Gasteiger partial charge >= 0.3 is 0 Å². The van der Waals surface area contributed by atoms with Gasteiger partial charge in [-0.2, -0.15) is 0 Å². The Kier molecular flexibility index (Phi) is 10.4. The largest absolute Gasteiger partial charge is 0.490 e. The van der Waals surface area contributed by atoms with Crippen molar-refractivity contribution < 1.29 is 13.7 Å². The van der Waals surface area contributed by atoms with Gasteiger partial charge in [0, 0.05) is 67.4 Å². The molecule has 5 aliphatic rings. The molecule has 2 bridgehead atoms. The fourth-order valence-corrected chi connectivity index (χ4v) is 11.1. The summed E-state index contributed by atoms with van der Waals surface area (Å²) in [6.07, 6.45) is 7.93. The van der Waals surface area contributed by atoms with Crippen molar-refractivity contribution in [2.45, 2.75) is 102 Å². The maximum absolute atomic E-state index is 13.5. The molecule has 268 valence electrons. The predicted molar refractivity (Wildman–Crippen MR) is 201 cm³/mol. The molecule has 9 heteroatoms. The number of carbonyl (C=O) groups excluding carboxylic acids is 1. The quantitative estimate of drug-likeness (QED) is 0.368. The number of benzene rings is 2. The summed E-state index contributed by atoms with van der Waals surface area (Å²) in [5.41, 5.74) is 4.08. The van der Waals surface area contributed by atoms with Crippen LogP contribution < -0.4 is 14.4 Å². The van der Waals surface area contributed by atoms with Gasteiger partial charge in [-0.25, -0.2) is 4.21 Å². The molecule has 2 fully saturated rings. The number of hydrogen-bond acceptors (Lipinski definition) is 6. The van der Waals surface area contributed by atoms with Gasteiger partial charge in [0.1, 0.15) is 16.7 Å². The lowest BCUT2D eigenvalue weighted by atomic mass is 9.65. The Morgan fingerprint density at radius 3 is 2.63 bits per heavy atom. The maximum Gasteiger partial charge on any atom is 0.263 e. The van der Waals surface area contributed by atoms with Gasteiger partial charge in [0.25, 0.3) is 5.91 Å². The molecule has 2 aliphatic carbocycles. The number of amides is 1. The van der Waals surface area contributed by atoms with Gasteiger partial charge in [-0.05, 0) is 131 Å². The van der Waals surface area contributed by atoms with Gasteiger partial charge in [-0.15, -0.1) is 0 Å². The molecule has 3 heterocycles. The third kappa shape index (κ3) is 7.18. The lowest BCUT2D eigenvalue weighted by molar-refractivity contribution is 0.0221. The fourth-order valence-electron chi connectivity index (χ4n) is 9.88. The Hall–Kier alpha value is -2.13. The summed E-state index contributed by atoms with van der Waals surface area (Å²) < 4.78 is 23.0. The molecule has 8 atom stereocenters. The van der Waals surface area contributed by atoms with E-state index in [1.54, 1.807) is 0 Å². The van der Waals surface area contributed by atoms with Crippen molar-refractivity contribution in [3.05, 3.63) is 58.1 Å². The normalized spacial score (nSPS) is 34.5. The molecule has 49 heavy (non-hydrogen) atoms. The van der Waals surface area contributed by atoms with Crippen molar-refractivity contribution in [3.63, 3.8) is 0 Å². The van der Waals surface area contributed by atoms with Crippen LogP contribution in [0, 0.1) is 23.7 Å². The van der Waals surface area contributed by atoms with E-state index in [2.05, 4.69) is 59.2 Å². The number of rotatable bonds is 3. The van der Waals surface area contributed by atoms with Gasteiger partial charge in [0.2, 0.25) is 0 Å². The monoisotopic (exact) mass is 708 g/mol. The average molecular weight is 709 g/mol. The summed E-state index contributed by atoms with van der Waals surface area (Å²) in [4.78, 5) is 21.5. The molecule has 1 saturated heterocycles. The number of carbonyl (C=O) groups is 1. The molecule has 8 unspecified atom stereocenters. The topological polar surface area (TPSA) is 65.1 Å². The molecule has 3 aliphatic heterocycles. The summed E-state index contributed by atoms with van der Waals surface area (Å²) >= 11 is 6.46. The van der Waals surface area contributed by atoms with Crippen molar-refractivity contribution in [2.24, 2.45) is 23.7 Å². The number of halogens is 1. The third-order valence-corrected chi connectivity index (χ3v) is 14.9. The number of nitrogens with one attached hydrogen (secondary N) is 1. The van der Waals surface area contributed by atoms with Crippen LogP contribution in [-0.2, 0) is 22.8 Å². The first kappa shape index (κ1) is 35.3. The minimum absolute atomic E-state index is 0.117. The Labute approximate surface area is 302 Å². The van der Waals surface area contributed by atoms with Crippen molar-refractivity contribution >= 4 is 34.2 Å². The SMILES string of the molecule is CC1CCCC(CN2CCN(C(C)C)C(C)C2)C2CCC2CN2CC3(CCc4cc(Cl)ccc43)COc3ccc(cc32)C(=O)NS(=O)C1C. The zero-order valence-electron chi connectivity index (χ0n) is 30.3. The predicted octanol–water partition coefficient (Wildman–Crippen LogP) is 7.08. The van der Waals surface area contributed by atoms with Crippen LogP contribution in [0.3, 0.4) is 0 Å². The second-order valence-electron chi connectivity index (χ2n) is 16.5. The van der Waals surface area contributed by atoms with E-state index in [0.717, 1.165) is 74.9 Å². The second kappa shape index (κ2) is 14.5. The number of fused-ring (bicyclic) bond motifs is 4. The van der Waals surface area contributed by atoms with Crippen LogP contribution in [0.15, 0.2) is 36.4 Å². The Morgan fingerprint density at radius 2 is 1.88 bits per heavy atom. The van der Waals surface area contributed by atoms with E-state index in [1.165, 1.54) is 36.9 Å². The highest BCUT2D eigenvalue weighted by atomic mass is 35.5. The maximum atomic E-state index is 13.5. The Bertz CT molecular complexity index is 1550. The second-order valence-corrected chi connectivity index (χ2v) is 18.5. The number of piperazine rings is 1. The number of nitrogens with zero attached hydrogens (tertiary/aromatic N) is 3. The van der Waals surface area contributed by atoms with Crippen molar-refractivity contribution in [1.29, 1.82) is 0 Å². The molecule has 0 aromatic heterocycles. The van der Waals surface area contributed by atoms with Crippen LogP contribution in [-0.4, -0.2) is 83.1 Å². The van der Waals surface area contributed by atoms with Crippen LogP contribution in [0.5, 0.6) is 5.75 Å². The Balaban J connectivity index is 1.21. The summed E-state index contributed by atoms with van der Waals surface area (Å²) in [5.74, 6) is 2.75. The highest BCUT2D eigenvalue weighted by Crippen LogP contribution is 2.48. The lowest BCUT2D eigenvalue weighted by Gasteiger charge is -2.48. The molecule has 1 N–H and O–H groups in total.